The lowest BCUT2D eigenvalue weighted by atomic mass is 9.95. The zero-order valence-corrected chi connectivity index (χ0v) is 15.1. The van der Waals surface area contributed by atoms with Crippen molar-refractivity contribution in [2.24, 2.45) is 0 Å². The average Bonchev–Trinajstić information content (AvgIpc) is 3.09. The van der Waals surface area contributed by atoms with Gasteiger partial charge < -0.3 is 24.5 Å². The van der Waals surface area contributed by atoms with E-state index >= 15 is 0 Å². The first-order valence-electron chi connectivity index (χ1n) is 8.64. The number of hydrogen-bond donors (Lipinski definition) is 2. The van der Waals surface area contributed by atoms with Gasteiger partial charge in [0.2, 0.25) is 11.5 Å². The van der Waals surface area contributed by atoms with Crippen LogP contribution in [0.3, 0.4) is 0 Å². The van der Waals surface area contributed by atoms with Crippen molar-refractivity contribution in [3.63, 3.8) is 0 Å². The molecule has 0 bridgehead atoms. The van der Waals surface area contributed by atoms with Crippen molar-refractivity contribution in [3.05, 3.63) is 42.0 Å². The van der Waals surface area contributed by atoms with Gasteiger partial charge in [0.25, 0.3) is 0 Å². The minimum atomic E-state index is -5.09. The molecule has 10 heteroatoms. The van der Waals surface area contributed by atoms with Crippen LogP contribution in [-0.4, -0.2) is 48.5 Å². The van der Waals surface area contributed by atoms with Crippen LogP contribution in [0.15, 0.2) is 34.9 Å². The van der Waals surface area contributed by atoms with Gasteiger partial charge in [-0.25, -0.2) is 4.98 Å². The Kier molecular flexibility index (Phi) is 5.61. The lowest BCUT2D eigenvalue weighted by molar-refractivity contribution is -0.272. The topological polar surface area (TPSA) is 87.8 Å². The standard InChI is InChI=1S/C18H20F3N3O4/c1-12-2-4-14(28-12)17(26,18(19,20)21)10-16(25)23-15-5-3-13(11-22-15)24-6-8-27-9-7-24/h2-5,11,26H,6-10H2,1H3,(H,22,23,25). The zero-order valence-electron chi connectivity index (χ0n) is 15.1. The highest BCUT2D eigenvalue weighted by atomic mass is 19.4. The first kappa shape index (κ1) is 20.2. The molecule has 0 spiro atoms. The van der Waals surface area contributed by atoms with Crippen molar-refractivity contribution in [1.29, 1.82) is 0 Å². The van der Waals surface area contributed by atoms with Crippen LogP contribution in [-0.2, 0) is 15.1 Å². The summed E-state index contributed by atoms with van der Waals surface area (Å²) in [6.07, 6.45) is -4.83. The van der Waals surface area contributed by atoms with E-state index in [0.717, 1.165) is 11.8 Å². The fourth-order valence-corrected chi connectivity index (χ4v) is 2.87. The maximum atomic E-state index is 13.4. The Morgan fingerprint density at radius 1 is 1.25 bits per heavy atom. The number of amides is 1. The fraction of sp³-hybridized carbons (Fsp3) is 0.444. The second-order valence-electron chi connectivity index (χ2n) is 6.49. The molecule has 3 rings (SSSR count). The Hall–Kier alpha value is -2.59. The molecule has 1 aliphatic rings. The van der Waals surface area contributed by atoms with Crippen LogP contribution >= 0.6 is 0 Å². The summed E-state index contributed by atoms with van der Waals surface area (Å²) in [7, 11) is 0. The van der Waals surface area contributed by atoms with Crippen LogP contribution in [0.4, 0.5) is 24.7 Å². The Morgan fingerprint density at radius 2 is 1.96 bits per heavy atom. The molecule has 1 amide bonds. The zero-order chi connectivity index (χ0) is 20.4. The molecule has 1 fully saturated rings. The van der Waals surface area contributed by atoms with Gasteiger partial charge in [-0.05, 0) is 31.2 Å². The summed E-state index contributed by atoms with van der Waals surface area (Å²) in [6.45, 7) is 4.05. The monoisotopic (exact) mass is 399 g/mol. The average molecular weight is 399 g/mol. The predicted octanol–water partition coefficient (Wildman–Crippen LogP) is 2.60. The van der Waals surface area contributed by atoms with E-state index in [0.29, 0.717) is 26.3 Å². The van der Waals surface area contributed by atoms with Gasteiger partial charge in [-0.2, -0.15) is 13.2 Å². The van der Waals surface area contributed by atoms with Gasteiger partial charge in [0.05, 0.1) is 31.5 Å². The predicted molar refractivity (Wildman–Crippen MR) is 93.9 cm³/mol. The Labute approximate surface area is 159 Å². The number of ether oxygens (including phenoxy) is 1. The van der Waals surface area contributed by atoms with E-state index in [4.69, 9.17) is 9.15 Å². The normalized spacial score (nSPS) is 17.2. The van der Waals surface area contributed by atoms with Crippen LogP contribution in [0, 0.1) is 6.92 Å². The van der Waals surface area contributed by atoms with E-state index in [1.54, 1.807) is 6.07 Å². The van der Waals surface area contributed by atoms with Gasteiger partial charge in [0.1, 0.15) is 17.3 Å². The molecule has 0 aromatic carbocycles. The number of nitrogens with zero attached hydrogens (tertiary/aromatic N) is 2. The molecule has 152 valence electrons. The molecule has 1 unspecified atom stereocenters. The van der Waals surface area contributed by atoms with Crippen LogP contribution in [0.5, 0.6) is 0 Å². The molecule has 28 heavy (non-hydrogen) atoms. The number of halogens is 3. The molecule has 1 aliphatic heterocycles. The minimum Gasteiger partial charge on any atom is -0.463 e. The van der Waals surface area contributed by atoms with Crippen molar-refractivity contribution in [1.82, 2.24) is 4.98 Å². The Balaban J connectivity index is 1.69. The number of aromatic nitrogens is 1. The number of carbonyl (C=O) groups is 1. The summed E-state index contributed by atoms with van der Waals surface area (Å²) in [4.78, 5) is 18.3. The van der Waals surface area contributed by atoms with Gasteiger partial charge in [-0.3, -0.25) is 4.79 Å². The van der Waals surface area contributed by atoms with Crippen LogP contribution < -0.4 is 10.2 Å². The van der Waals surface area contributed by atoms with Crippen molar-refractivity contribution in [2.45, 2.75) is 25.1 Å². The molecule has 0 radical (unpaired) electrons. The van der Waals surface area contributed by atoms with Crippen LogP contribution in [0.2, 0.25) is 0 Å². The lowest BCUT2D eigenvalue weighted by Crippen LogP contribution is -2.44. The summed E-state index contributed by atoms with van der Waals surface area (Å²) in [6, 6.07) is 5.49. The second kappa shape index (κ2) is 7.80. The fourth-order valence-electron chi connectivity index (χ4n) is 2.87. The van der Waals surface area contributed by atoms with E-state index < -0.39 is 29.9 Å². The van der Waals surface area contributed by atoms with Crippen LogP contribution in [0.25, 0.3) is 0 Å². The Bertz CT molecular complexity index is 816. The number of pyridine rings is 1. The Morgan fingerprint density at radius 3 is 2.50 bits per heavy atom. The van der Waals surface area contributed by atoms with Crippen molar-refractivity contribution in [2.75, 3.05) is 36.5 Å². The van der Waals surface area contributed by atoms with E-state index in [2.05, 4.69) is 10.3 Å². The first-order valence-corrected chi connectivity index (χ1v) is 8.64. The van der Waals surface area contributed by atoms with Crippen LogP contribution in [0.1, 0.15) is 17.9 Å². The molecule has 3 heterocycles. The van der Waals surface area contributed by atoms with Crippen molar-refractivity contribution >= 4 is 17.4 Å². The van der Waals surface area contributed by atoms with Gasteiger partial charge in [0, 0.05) is 13.1 Å². The molecule has 2 aromatic rings. The van der Waals surface area contributed by atoms with Gasteiger partial charge in [0.15, 0.2) is 0 Å². The molecule has 7 nitrogen and oxygen atoms in total. The third-order valence-corrected chi connectivity index (χ3v) is 4.42. The number of hydrogen-bond acceptors (Lipinski definition) is 6. The smallest absolute Gasteiger partial charge is 0.425 e. The largest absolute Gasteiger partial charge is 0.463 e. The third-order valence-electron chi connectivity index (χ3n) is 4.42. The summed E-state index contributed by atoms with van der Waals surface area (Å²) >= 11 is 0. The number of aryl methyl sites for hydroxylation is 1. The summed E-state index contributed by atoms with van der Waals surface area (Å²) < 4.78 is 50.5. The molecular weight excluding hydrogens is 379 g/mol. The van der Waals surface area contributed by atoms with Crippen molar-refractivity contribution in [3.8, 4) is 0 Å². The van der Waals surface area contributed by atoms with Gasteiger partial charge in [-0.15, -0.1) is 0 Å². The van der Waals surface area contributed by atoms with E-state index in [9.17, 15) is 23.1 Å². The highest BCUT2D eigenvalue weighted by Gasteiger charge is 2.58. The summed E-state index contributed by atoms with van der Waals surface area (Å²) in [5.74, 6) is -1.50. The highest BCUT2D eigenvalue weighted by molar-refractivity contribution is 5.90. The molecule has 1 saturated heterocycles. The van der Waals surface area contributed by atoms with Gasteiger partial charge >= 0.3 is 6.18 Å². The molecule has 2 N–H and O–H groups in total. The number of anilines is 2. The SMILES string of the molecule is Cc1ccc(C(O)(CC(=O)Nc2ccc(N3CCOCC3)cn2)C(F)(F)F)o1. The molecular formula is C18H20F3N3O4. The number of rotatable bonds is 5. The number of alkyl halides is 3. The number of carbonyl (C=O) groups excluding carboxylic acids is 1. The molecule has 0 aliphatic carbocycles. The van der Waals surface area contributed by atoms with E-state index in [1.807, 2.05) is 4.90 Å². The first-order chi connectivity index (χ1) is 13.2. The summed E-state index contributed by atoms with van der Waals surface area (Å²) in [5.41, 5.74) is -2.61. The van der Waals surface area contributed by atoms with E-state index in [-0.39, 0.29) is 11.6 Å². The number of nitrogens with one attached hydrogen (secondary N) is 1. The number of aliphatic hydroxyl groups is 1. The number of morpholine rings is 1. The molecule has 2 aromatic heterocycles. The quantitative estimate of drug-likeness (QED) is 0.804. The lowest BCUT2D eigenvalue weighted by Gasteiger charge is -2.29. The van der Waals surface area contributed by atoms with Gasteiger partial charge in [-0.1, -0.05) is 0 Å². The maximum absolute atomic E-state index is 13.4. The highest BCUT2D eigenvalue weighted by Crippen LogP contribution is 2.42. The van der Waals surface area contributed by atoms with E-state index in [1.165, 1.54) is 25.3 Å². The molecule has 0 saturated carbocycles. The minimum absolute atomic E-state index is 0.0853. The number of furan rings is 1. The van der Waals surface area contributed by atoms with Crippen molar-refractivity contribution < 1.29 is 32.2 Å². The summed E-state index contributed by atoms with van der Waals surface area (Å²) in [5, 5.41) is 12.5. The second-order valence-corrected chi connectivity index (χ2v) is 6.49. The third kappa shape index (κ3) is 4.28. The molecule has 1 atom stereocenters. The maximum Gasteiger partial charge on any atom is 0.425 e.